The molecular formula is C15H23N3O4. The number of amides is 1. The normalized spacial score (nSPS) is 22.5. The van der Waals surface area contributed by atoms with E-state index in [0.29, 0.717) is 13.0 Å². The van der Waals surface area contributed by atoms with Crippen LogP contribution in [-0.4, -0.2) is 45.5 Å². The number of carbonyl (C=O) groups excluding carboxylic acids is 1. The number of carboxylic acid groups (broad SMARTS) is 1. The van der Waals surface area contributed by atoms with E-state index < -0.39 is 11.5 Å². The molecule has 2 atom stereocenters. The summed E-state index contributed by atoms with van der Waals surface area (Å²) in [5, 5.41) is 16.3. The number of nitrogens with zero attached hydrogens (tertiary/aromatic N) is 2. The first-order valence-electron chi connectivity index (χ1n) is 7.45. The summed E-state index contributed by atoms with van der Waals surface area (Å²) in [6, 6.07) is 1.88. The van der Waals surface area contributed by atoms with Crippen LogP contribution in [0.15, 0.2) is 6.07 Å². The van der Waals surface area contributed by atoms with E-state index in [0.717, 1.165) is 11.4 Å². The molecule has 0 bridgehead atoms. The third-order valence-electron chi connectivity index (χ3n) is 3.94. The molecule has 7 nitrogen and oxygen atoms in total. The highest BCUT2D eigenvalue weighted by molar-refractivity contribution is 5.78. The van der Waals surface area contributed by atoms with Gasteiger partial charge in [-0.1, -0.05) is 0 Å². The predicted octanol–water partition coefficient (Wildman–Crippen LogP) is 1.20. The number of hydrogen-bond donors (Lipinski definition) is 2. The predicted molar refractivity (Wildman–Crippen MR) is 79.6 cm³/mol. The van der Waals surface area contributed by atoms with E-state index in [1.165, 1.54) is 0 Å². The van der Waals surface area contributed by atoms with Crippen LogP contribution >= 0.6 is 0 Å². The molecule has 7 heteroatoms. The van der Waals surface area contributed by atoms with Gasteiger partial charge in [-0.2, -0.15) is 5.10 Å². The first-order valence-corrected chi connectivity index (χ1v) is 7.45. The van der Waals surface area contributed by atoms with Gasteiger partial charge in [0.05, 0.1) is 30.3 Å². The Bertz CT molecular complexity index is 561. The Morgan fingerprint density at radius 1 is 1.55 bits per heavy atom. The number of carbonyl (C=O) groups is 2. The second kappa shape index (κ2) is 6.48. The zero-order valence-electron chi connectivity index (χ0n) is 13.3. The van der Waals surface area contributed by atoms with Gasteiger partial charge in [-0.15, -0.1) is 0 Å². The van der Waals surface area contributed by atoms with Crippen molar-refractivity contribution in [3.8, 4) is 0 Å². The molecule has 1 aromatic heterocycles. The molecule has 1 aromatic rings. The SMILES string of the molecule is Cc1cc(C)n(C(C)CC(=O)NC2(CC(=O)O)CCOC2)n1. The Hall–Kier alpha value is -1.89. The summed E-state index contributed by atoms with van der Waals surface area (Å²) in [7, 11) is 0. The fourth-order valence-electron chi connectivity index (χ4n) is 2.97. The van der Waals surface area contributed by atoms with Gasteiger partial charge in [0.1, 0.15) is 0 Å². The van der Waals surface area contributed by atoms with Gasteiger partial charge in [-0.05, 0) is 33.3 Å². The number of hydrogen-bond acceptors (Lipinski definition) is 4. The average molecular weight is 309 g/mol. The van der Waals surface area contributed by atoms with Crippen molar-refractivity contribution in [2.75, 3.05) is 13.2 Å². The molecule has 1 aliphatic heterocycles. The molecule has 122 valence electrons. The van der Waals surface area contributed by atoms with E-state index in [2.05, 4.69) is 10.4 Å². The van der Waals surface area contributed by atoms with Crippen LogP contribution in [0.1, 0.15) is 43.6 Å². The van der Waals surface area contributed by atoms with Crippen LogP contribution in [0.5, 0.6) is 0 Å². The maximum absolute atomic E-state index is 12.3. The molecule has 1 aliphatic rings. The van der Waals surface area contributed by atoms with Crippen LogP contribution in [0.3, 0.4) is 0 Å². The van der Waals surface area contributed by atoms with Crippen molar-refractivity contribution >= 4 is 11.9 Å². The van der Waals surface area contributed by atoms with E-state index >= 15 is 0 Å². The summed E-state index contributed by atoms with van der Waals surface area (Å²) >= 11 is 0. The molecule has 1 saturated heterocycles. The molecule has 0 spiro atoms. The second-order valence-corrected chi connectivity index (χ2v) is 6.13. The first-order chi connectivity index (χ1) is 10.3. The highest BCUT2D eigenvalue weighted by atomic mass is 16.5. The number of ether oxygens (including phenoxy) is 1. The van der Waals surface area contributed by atoms with Gasteiger partial charge in [-0.3, -0.25) is 14.3 Å². The monoisotopic (exact) mass is 309 g/mol. The van der Waals surface area contributed by atoms with E-state index in [9.17, 15) is 9.59 Å². The summed E-state index contributed by atoms with van der Waals surface area (Å²) in [6.07, 6.45) is 0.662. The molecule has 1 amide bonds. The minimum absolute atomic E-state index is 0.0853. The van der Waals surface area contributed by atoms with Crippen molar-refractivity contribution in [2.24, 2.45) is 0 Å². The van der Waals surface area contributed by atoms with E-state index in [4.69, 9.17) is 9.84 Å². The molecular weight excluding hydrogens is 286 g/mol. The molecule has 0 aromatic carbocycles. The first kappa shape index (κ1) is 16.5. The summed E-state index contributed by atoms with van der Waals surface area (Å²) in [5.74, 6) is -1.11. The fourth-order valence-corrected chi connectivity index (χ4v) is 2.97. The van der Waals surface area contributed by atoms with Gasteiger partial charge >= 0.3 is 5.97 Å². The standard InChI is InChI=1S/C15H23N3O4/c1-10-6-11(2)18(17-10)12(3)7-13(19)16-15(8-14(20)21)4-5-22-9-15/h6,12H,4-5,7-9H2,1-3H3,(H,16,19)(H,20,21). The topological polar surface area (TPSA) is 93.5 Å². The Morgan fingerprint density at radius 3 is 2.77 bits per heavy atom. The maximum Gasteiger partial charge on any atom is 0.305 e. The van der Waals surface area contributed by atoms with E-state index in [1.807, 2.05) is 31.5 Å². The molecule has 2 heterocycles. The van der Waals surface area contributed by atoms with Crippen molar-refractivity contribution in [3.05, 3.63) is 17.5 Å². The van der Waals surface area contributed by atoms with E-state index in [-0.39, 0.29) is 31.4 Å². The molecule has 2 rings (SSSR count). The highest BCUT2D eigenvalue weighted by Gasteiger charge is 2.38. The zero-order chi connectivity index (χ0) is 16.3. The largest absolute Gasteiger partial charge is 0.481 e. The van der Waals surface area contributed by atoms with Crippen LogP contribution in [-0.2, 0) is 14.3 Å². The third-order valence-corrected chi connectivity index (χ3v) is 3.94. The van der Waals surface area contributed by atoms with Crippen molar-refractivity contribution in [1.29, 1.82) is 0 Å². The zero-order valence-corrected chi connectivity index (χ0v) is 13.3. The lowest BCUT2D eigenvalue weighted by Crippen LogP contribution is -2.50. The molecule has 0 radical (unpaired) electrons. The van der Waals surface area contributed by atoms with Gasteiger partial charge in [0.2, 0.25) is 5.91 Å². The number of carboxylic acids is 1. The lowest BCUT2D eigenvalue weighted by Gasteiger charge is -2.27. The van der Waals surface area contributed by atoms with Crippen molar-refractivity contribution in [2.45, 2.75) is 51.6 Å². The Morgan fingerprint density at radius 2 is 2.27 bits per heavy atom. The summed E-state index contributed by atoms with van der Waals surface area (Å²) < 4.78 is 7.10. The van der Waals surface area contributed by atoms with Gasteiger partial charge < -0.3 is 15.2 Å². The van der Waals surface area contributed by atoms with Crippen LogP contribution in [0, 0.1) is 13.8 Å². The number of aromatic nitrogens is 2. The quantitative estimate of drug-likeness (QED) is 0.823. The third kappa shape index (κ3) is 3.85. The lowest BCUT2D eigenvalue weighted by atomic mass is 9.94. The number of rotatable bonds is 6. The van der Waals surface area contributed by atoms with Crippen LogP contribution in [0.2, 0.25) is 0 Å². The maximum atomic E-state index is 12.3. The smallest absolute Gasteiger partial charge is 0.305 e. The second-order valence-electron chi connectivity index (χ2n) is 6.13. The highest BCUT2D eigenvalue weighted by Crippen LogP contribution is 2.24. The Balaban J connectivity index is 1.99. The summed E-state index contributed by atoms with van der Waals surface area (Å²) in [5.41, 5.74) is 1.14. The molecule has 0 aliphatic carbocycles. The minimum atomic E-state index is -0.933. The van der Waals surface area contributed by atoms with Gasteiger partial charge in [-0.25, -0.2) is 0 Å². The van der Waals surface area contributed by atoms with Crippen molar-refractivity contribution in [1.82, 2.24) is 15.1 Å². The minimum Gasteiger partial charge on any atom is -0.481 e. The van der Waals surface area contributed by atoms with Crippen LogP contribution < -0.4 is 5.32 Å². The number of aliphatic carboxylic acids is 1. The van der Waals surface area contributed by atoms with Gasteiger partial charge in [0.15, 0.2) is 0 Å². The molecule has 2 unspecified atom stereocenters. The number of aryl methyl sites for hydroxylation is 2. The van der Waals surface area contributed by atoms with Crippen LogP contribution in [0.4, 0.5) is 0 Å². The van der Waals surface area contributed by atoms with Crippen molar-refractivity contribution in [3.63, 3.8) is 0 Å². The van der Waals surface area contributed by atoms with Gasteiger partial charge in [0, 0.05) is 18.7 Å². The fraction of sp³-hybridized carbons (Fsp3) is 0.667. The summed E-state index contributed by atoms with van der Waals surface area (Å²) in [6.45, 7) is 6.51. The average Bonchev–Trinajstić information content (AvgIpc) is 2.95. The number of nitrogens with one attached hydrogen (secondary N) is 1. The van der Waals surface area contributed by atoms with Crippen molar-refractivity contribution < 1.29 is 19.4 Å². The molecule has 22 heavy (non-hydrogen) atoms. The van der Waals surface area contributed by atoms with E-state index in [1.54, 1.807) is 0 Å². The van der Waals surface area contributed by atoms with Crippen LogP contribution in [0.25, 0.3) is 0 Å². The van der Waals surface area contributed by atoms with Gasteiger partial charge in [0.25, 0.3) is 0 Å². The molecule has 2 N–H and O–H groups in total. The molecule has 0 saturated carbocycles. The molecule has 1 fully saturated rings. The Kier molecular flexibility index (Phi) is 4.85. The summed E-state index contributed by atoms with van der Waals surface area (Å²) in [4.78, 5) is 23.3. The Labute approximate surface area is 129 Å². The lowest BCUT2D eigenvalue weighted by molar-refractivity contribution is -0.139.